The highest BCUT2D eigenvalue weighted by Crippen LogP contribution is 2.14. The number of halogens is 1. The summed E-state index contributed by atoms with van der Waals surface area (Å²) in [7, 11) is 0. The van der Waals surface area contributed by atoms with Crippen molar-refractivity contribution in [1.82, 2.24) is 0 Å². The van der Waals surface area contributed by atoms with E-state index in [0.717, 1.165) is 0 Å². The molecule has 0 aliphatic heterocycles. The van der Waals surface area contributed by atoms with Crippen molar-refractivity contribution >= 4 is 34.2 Å². The lowest BCUT2D eigenvalue weighted by Crippen LogP contribution is -2.07. The van der Waals surface area contributed by atoms with Crippen molar-refractivity contribution in [2.24, 2.45) is 5.10 Å². The molecule has 1 aromatic rings. The second-order valence-electron chi connectivity index (χ2n) is 2.92. The van der Waals surface area contributed by atoms with Crippen LogP contribution < -0.4 is 5.43 Å². The lowest BCUT2D eigenvalue weighted by atomic mass is 10.2. The van der Waals surface area contributed by atoms with Crippen molar-refractivity contribution in [1.29, 1.82) is 0 Å². The third-order valence-corrected chi connectivity index (χ3v) is 2.07. The van der Waals surface area contributed by atoms with Crippen LogP contribution in [-0.2, 0) is 4.79 Å². The number of hydrogen-bond donors (Lipinski definition) is 2. The van der Waals surface area contributed by atoms with Gasteiger partial charge in [0.1, 0.15) is 0 Å². The van der Waals surface area contributed by atoms with Gasteiger partial charge < -0.3 is 5.11 Å². The molecule has 0 heterocycles. The largest absolute Gasteiger partial charge is 0.478 e. The number of Topliss-reactive ketones (excluding diaryl/α,β-unsaturated/α-hetero) is 1. The molecular weight excluding hydrogens is 232 g/mol. The van der Waals surface area contributed by atoms with Gasteiger partial charge in [-0.1, -0.05) is 23.7 Å². The summed E-state index contributed by atoms with van der Waals surface area (Å²) >= 11 is 5.49. The van der Waals surface area contributed by atoms with Gasteiger partial charge in [0, 0.05) is 6.92 Å². The summed E-state index contributed by atoms with van der Waals surface area (Å²) in [6, 6.07) is 6.18. The Bertz CT molecular complexity index is 457. The first-order valence-corrected chi connectivity index (χ1v) is 4.72. The van der Waals surface area contributed by atoms with Crippen molar-refractivity contribution in [2.75, 3.05) is 5.43 Å². The highest BCUT2D eigenvalue weighted by molar-refractivity contribution is 6.82. The third kappa shape index (κ3) is 3.06. The number of benzene rings is 1. The van der Waals surface area contributed by atoms with E-state index in [9.17, 15) is 9.59 Å². The van der Waals surface area contributed by atoms with Gasteiger partial charge in [0.15, 0.2) is 11.0 Å². The third-order valence-electron chi connectivity index (χ3n) is 1.72. The average molecular weight is 241 g/mol. The summed E-state index contributed by atoms with van der Waals surface area (Å²) in [5, 5.41) is 12.2. The summed E-state index contributed by atoms with van der Waals surface area (Å²) in [6.45, 7) is 1.26. The Morgan fingerprint density at radius 1 is 1.38 bits per heavy atom. The van der Waals surface area contributed by atoms with Crippen LogP contribution in [0.3, 0.4) is 0 Å². The molecule has 0 bridgehead atoms. The molecule has 84 valence electrons. The number of hydrazone groups is 1. The molecular formula is C10H9ClN2O3. The summed E-state index contributed by atoms with van der Waals surface area (Å²) in [5.74, 6) is -1.49. The fourth-order valence-corrected chi connectivity index (χ4v) is 0.997. The maximum atomic E-state index is 10.8. The Morgan fingerprint density at radius 2 is 2.00 bits per heavy atom. The number of aromatic carboxylic acids is 1. The number of anilines is 1. The molecule has 2 N–H and O–H groups in total. The summed E-state index contributed by atoms with van der Waals surface area (Å²) < 4.78 is 0. The molecule has 0 aliphatic rings. The van der Waals surface area contributed by atoms with E-state index in [1.165, 1.54) is 19.1 Å². The number of nitrogens with one attached hydrogen (secondary N) is 1. The Morgan fingerprint density at radius 3 is 2.56 bits per heavy atom. The standard InChI is InChI=1S/C10H9ClN2O3/c1-6(14)9(11)13-12-8-5-3-2-4-7(8)10(15)16/h2-5,12H,1H3,(H,15,16)/b13-9-. The monoisotopic (exact) mass is 240 g/mol. The van der Waals surface area contributed by atoms with Crippen LogP contribution in [0.4, 0.5) is 5.69 Å². The highest BCUT2D eigenvalue weighted by Gasteiger charge is 2.08. The predicted molar refractivity (Wildman–Crippen MR) is 61.0 cm³/mol. The molecule has 0 unspecified atom stereocenters. The Hall–Kier alpha value is -1.88. The number of carboxylic acid groups (broad SMARTS) is 1. The van der Waals surface area contributed by atoms with Gasteiger partial charge in [-0.25, -0.2) is 4.79 Å². The van der Waals surface area contributed by atoms with Gasteiger partial charge in [0.2, 0.25) is 0 Å². The predicted octanol–water partition coefficient (Wildman–Crippen LogP) is 1.94. The van der Waals surface area contributed by atoms with Crippen LogP contribution in [0, 0.1) is 0 Å². The van der Waals surface area contributed by atoms with Gasteiger partial charge in [-0.15, -0.1) is 0 Å². The highest BCUT2D eigenvalue weighted by atomic mass is 35.5. The van der Waals surface area contributed by atoms with E-state index in [2.05, 4.69) is 10.5 Å². The fourth-order valence-electron chi connectivity index (χ4n) is 0.955. The van der Waals surface area contributed by atoms with Crippen LogP contribution in [0.15, 0.2) is 29.4 Å². The maximum Gasteiger partial charge on any atom is 0.337 e. The second kappa shape index (κ2) is 5.27. The minimum absolute atomic E-state index is 0.0549. The molecule has 0 aromatic heterocycles. The first-order valence-electron chi connectivity index (χ1n) is 4.35. The Kier molecular flexibility index (Phi) is 4.02. The number of rotatable bonds is 4. The van der Waals surface area contributed by atoms with E-state index in [0.29, 0.717) is 0 Å². The lowest BCUT2D eigenvalue weighted by Gasteiger charge is -2.04. The molecule has 0 aliphatic carbocycles. The van der Waals surface area contributed by atoms with Crippen LogP contribution in [0.1, 0.15) is 17.3 Å². The molecule has 0 saturated heterocycles. The van der Waals surface area contributed by atoms with Gasteiger partial charge >= 0.3 is 5.97 Å². The van der Waals surface area contributed by atoms with Crippen LogP contribution in [0.2, 0.25) is 0 Å². The zero-order valence-corrected chi connectivity index (χ0v) is 9.15. The summed E-state index contributed by atoms with van der Waals surface area (Å²) in [6.07, 6.45) is 0. The van der Waals surface area contributed by atoms with Crippen LogP contribution in [0.25, 0.3) is 0 Å². The van der Waals surface area contributed by atoms with E-state index in [-0.39, 0.29) is 16.4 Å². The minimum Gasteiger partial charge on any atom is -0.478 e. The van der Waals surface area contributed by atoms with Crippen molar-refractivity contribution < 1.29 is 14.7 Å². The normalized spacial score (nSPS) is 11.0. The lowest BCUT2D eigenvalue weighted by molar-refractivity contribution is -0.110. The van der Waals surface area contributed by atoms with Gasteiger partial charge in [-0.3, -0.25) is 10.2 Å². The van der Waals surface area contributed by atoms with Crippen LogP contribution in [-0.4, -0.2) is 22.0 Å². The van der Waals surface area contributed by atoms with Gasteiger partial charge in [0.05, 0.1) is 11.3 Å². The van der Waals surface area contributed by atoms with E-state index >= 15 is 0 Å². The number of carbonyl (C=O) groups is 2. The molecule has 6 heteroatoms. The number of hydrogen-bond acceptors (Lipinski definition) is 4. The molecule has 0 spiro atoms. The van der Waals surface area contributed by atoms with E-state index in [4.69, 9.17) is 16.7 Å². The molecule has 0 radical (unpaired) electrons. The zero-order chi connectivity index (χ0) is 12.1. The summed E-state index contributed by atoms with van der Waals surface area (Å²) in [4.78, 5) is 21.6. The van der Waals surface area contributed by atoms with Gasteiger partial charge in [-0.2, -0.15) is 5.10 Å². The van der Waals surface area contributed by atoms with Crippen LogP contribution in [0.5, 0.6) is 0 Å². The molecule has 0 amide bonds. The number of ketones is 1. The molecule has 0 atom stereocenters. The Balaban J connectivity index is 2.94. The number of carboxylic acids is 1. The van der Waals surface area contributed by atoms with Crippen molar-refractivity contribution in [3.8, 4) is 0 Å². The first-order chi connectivity index (χ1) is 7.52. The van der Waals surface area contributed by atoms with Crippen molar-refractivity contribution in [3.05, 3.63) is 29.8 Å². The number of para-hydroxylation sites is 1. The van der Waals surface area contributed by atoms with Gasteiger partial charge in [-0.05, 0) is 12.1 Å². The molecule has 0 saturated carbocycles. The van der Waals surface area contributed by atoms with E-state index < -0.39 is 11.8 Å². The van der Waals surface area contributed by atoms with Crippen molar-refractivity contribution in [3.63, 3.8) is 0 Å². The van der Waals surface area contributed by atoms with Crippen molar-refractivity contribution in [2.45, 2.75) is 6.92 Å². The van der Waals surface area contributed by atoms with E-state index in [1.54, 1.807) is 12.1 Å². The first kappa shape index (κ1) is 12.2. The molecule has 16 heavy (non-hydrogen) atoms. The van der Waals surface area contributed by atoms with Gasteiger partial charge in [0.25, 0.3) is 0 Å². The maximum absolute atomic E-state index is 10.8. The topological polar surface area (TPSA) is 78.8 Å². The number of nitrogens with zero attached hydrogens (tertiary/aromatic N) is 1. The Labute approximate surface area is 96.7 Å². The van der Waals surface area contributed by atoms with Crippen LogP contribution >= 0.6 is 11.6 Å². The molecule has 1 rings (SSSR count). The molecule has 5 nitrogen and oxygen atoms in total. The fraction of sp³-hybridized carbons (Fsp3) is 0.100. The second-order valence-corrected chi connectivity index (χ2v) is 3.28. The zero-order valence-electron chi connectivity index (χ0n) is 8.40. The SMILES string of the molecule is CC(=O)/C(Cl)=N/Nc1ccccc1C(=O)O. The average Bonchev–Trinajstić information content (AvgIpc) is 2.25. The molecule has 1 aromatic carbocycles. The smallest absolute Gasteiger partial charge is 0.337 e. The number of carbonyl (C=O) groups excluding carboxylic acids is 1. The van der Waals surface area contributed by atoms with E-state index in [1.807, 2.05) is 0 Å². The molecule has 0 fully saturated rings. The quantitative estimate of drug-likeness (QED) is 0.623. The minimum atomic E-state index is -1.09. The summed E-state index contributed by atoms with van der Waals surface area (Å²) in [5.41, 5.74) is 2.76.